The van der Waals surface area contributed by atoms with Gasteiger partial charge in [0, 0.05) is 34.1 Å². The highest BCUT2D eigenvalue weighted by molar-refractivity contribution is 6.26. The summed E-state index contributed by atoms with van der Waals surface area (Å²) in [6.45, 7) is 5.13. The summed E-state index contributed by atoms with van der Waals surface area (Å²) in [4.78, 5) is 26.7. The summed E-state index contributed by atoms with van der Waals surface area (Å²) in [5.41, 5.74) is 3.48. The van der Waals surface area contributed by atoms with Gasteiger partial charge in [-0.1, -0.05) is 12.1 Å². The van der Waals surface area contributed by atoms with Crippen molar-refractivity contribution in [2.45, 2.75) is 6.92 Å². The Bertz CT molecular complexity index is 1190. The van der Waals surface area contributed by atoms with Gasteiger partial charge in [0.25, 0.3) is 11.8 Å². The molecule has 32 heavy (non-hydrogen) atoms. The summed E-state index contributed by atoms with van der Waals surface area (Å²) in [5.74, 6) is -0.771. The van der Waals surface area contributed by atoms with Gasteiger partial charge in [-0.3, -0.25) is 14.9 Å². The lowest BCUT2D eigenvalue weighted by Crippen LogP contribution is -2.42. The molecule has 3 aromatic carbocycles. The van der Waals surface area contributed by atoms with Gasteiger partial charge in [-0.25, -0.2) is 0 Å². The van der Waals surface area contributed by atoms with E-state index in [2.05, 4.69) is 60.6 Å². The number of nitrogens with zero attached hydrogens (tertiary/aromatic N) is 4. The number of carbonyl (C=O) groups excluding carboxylic acids is 2. The molecule has 4 rings (SSSR count). The number of carbonyl (C=O) groups is 2. The Labute approximate surface area is 187 Å². The van der Waals surface area contributed by atoms with E-state index in [9.17, 15) is 9.59 Å². The predicted molar refractivity (Wildman–Crippen MR) is 127 cm³/mol. The summed E-state index contributed by atoms with van der Waals surface area (Å²) in [5, 5.41) is 12.6. The van der Waals surface area contributed by atoms with Crippen LogP contribution < -0.4 is 10.2 Å². The van der Waals surface area contributed by atoms with Gasteiger partial charge in [0.15, 0.2) is 0 Å². The smallest absolute Gasteiger partial charge is 0.258 e. The third-order valence-electron chi connectivity index (χ3n) is 5.64. The van der Waals surface area contributed by atoms with Crippen LogP contribution >= 0.6 is 0 Å². The van der Waals surface area contributed by atoms with E-state index in [-0.39, 0.29) is 11.8 Å². The van der Waals surface area contributed by atoms with Crippen molar-refractivity contribution in [3.05, 3.63) is 65.7 Å². The number of amides is 2. The Morgan fingerprint density at radius 2 is 1.56 bits per heavy atom. The third-order valence-corrected chi connectivity index (χ3v) is 5.64. The van der Waals surface area contributed by atoms with E-state index in [4.69, 9.17) is 0 Å². The maximum atomic E-state index is 12.2. The first-order valence-electron chi connectivity index (χ1n) is 10.8. The maximum absolute atomic E-state index is 12.2. The fourth-order valence-electron chi connectivity index (χ4n) is 3.83. The number of azo groups is 1. The second kappa shape index (κ2) is 8.51. The number of anilines is 1. The molecule has 1 heterocycles. The predicted octanol–water partition coefficient (Wildman–Crippen LogP) is 4.67. The zero-order chi connectivity index (χ0) is 22.9. The second-order valence-electron chi connectivity index (χ2n) is 8.95. The van der Waals surface area contributed by atoms with E-state index in [1.54, 1.807) is 24.3 Å². The molecule has 0 fully saturated rings. The second-order valence-corrected chi connectivity index (χ2v) is 8.95. The third kappa shape index (κ3) is 4.38. The first-order chi connectivity index (χ1) is 15.3. The van der Waals surface area contributed by atoms with Gasteiger partial charge >= 0.3 is 0 Å². The molecule has 2 amide bonds. The lowest BCUT2D eigenvalue weighted by atomic mass is 9.94. The van der Waals surface area contributed by atoms with Crippen LogP contribution in [0.25, 0.3) is 10.8 Å². The number of quaternary nitrogens is 1. The van der Waals surface area contributed by atoms with E-state index in [0.29, 0.717) is 22.2 Å². The van der Waals surface area contributed by atoms with Crippen molar-refractivity contribution in [3.63, 3.8) is 0 Å². The van der Waals surface area contributed by atoms with Gasteiger partial charge in [-0.2, -0.15) is 5.11 Å². The minimum absolute atomic E-state index is 0.386. The van der Waals surface area contributed by atoms with E-state index in [1.807, 2.05) is 18.2 Å². The van der Waals surface area contributed by atoms with Gasteiger partial charge in [0.1, 0.15) is 0 Å². The average Bonchev–Trinajstić information content (AvgIpc) is 2.76. The molecule has 0 radical (unpaired) electrons. The summed E-state index contributed by atoms with van der Waals surface area (Å²) in [6.07, 6.45) is 0. The van der Waals surface area contributed by atoms with Crippen LogP contribution in [-0.2, 0) is 0 Å². The fourth-order valence-corrected chi connectivity index (χ4v) is 3.83. The molecule has 0 unspecified atom stereocenters. The Kier molecular flexibility index (Phi) is 5.76. The van der Waals surface area contributed by atoms with Crippen molar-refractivity contribution in [1.82, 2.24) is 5.32 Å². The van der Waals surface area contributed by atoms with Crippen LogP contribution in [0.15, 0.2) is 64.8 Å². The van der Waals surface area contributed by atoms with Gasteiger partial charge in [0.2, 0.25) is 0 Å². The molecule has 7 heteroatoms. The number of imide groups is 1. The normalized spacial score (nSPS) is 13.6. The SMILES string of the molecule is CCN(CC[N+](C)(C)C)c1ccc(N=Nc2ccc3c4c(cccc24)C(=O)NC3=O)cc1. The standard InChI is InChI=1S/C25H27N5O2/c1-5-29(15-16-30(2,3)4)18-11-9-17(10-12-18)27-28-22-14-13-21-23-19(22)7-6-8-20(23)24(31)26-25(21)32/h6-14H,5,15-16H2,1-4H3/p+1. The highest BCUT2D eigenvalue weighted by Crippen LogP contribution is 2.34. The van der Waals surface area contributed by atoms with Gasteiger partial charge in [0.05, 0.1) is 45.6 Å². The zero-order valence-electron chi connectivity index (χ0n) is 18.9. The molecular weight excluding hydrogens is 402 g/mol. The van der Waals surface area contributed by atoms with Crippen LogP contribution in [0.5, 0.6) is 0 Å². The summed E-state index contributed by atoms with van der Waals surface area (Å²) < 4.78 is 0.921. The molecule has 0 spiro atoms. The Morgan fingerprint density at radius 1 is 0.875 bits per heavy atom. The molecule has 0 saturated carbocycles. The zero-order valence-corrected chi connectivity index (χ0v) is 18.9. The van der Waals surface area contributed by atoms with E-state index < -0.39 is 0 Å². The van der Waals surface area contributed by atoms with Crippen molar-refractivity contribution >= 4 is 39.6 Å². The summed E-state index contributed by atoms with van der Waals surface area (Å²) >= 11 is 0. The first kappa shape index (κ1) is 21.6. The molecule has 1 N–H and O–H groups in total. The number of benzene rings is 3. The highest BCUT2D eigenvalue weighted by atomic mass is 16.2. The molecular formula is C25H28N5O2+. The maximum Gasteiger partial charge on any atom is 0.258 e. The Balaban J connectivity index is 1.59. The van der Waals surface area contributed by atoms with Crippen LogP contribution in [0, 0.1) is 0 Å². The summed E-state index contributed by atoms with van der Waals surface area (Å²) in [6, 6.07) is 16.9. The minimum Gasteiger partial charge on any atom is -0.366 e. The number of rotatable bonds is 7. The van der Waals surface area contributed by atoms with E-state index in [0.717, 1.165) is 40.9 Å². The quantitative estimate of drug-likeness (QED) is 0.336. The molecule has 1 aliphatic rings. The molecule has 0 aromatic heterocycles. The molecule has 164 valence electrons. The van der Waals surface area contributed by atoms with Gasteiger partial charge in [-0.05, 0) is 49.4 Å². The number of hydrogen-bond acceptors (Lipinski definition) is 5. The van der Waals surface area contributed by atoms with Crippen LogP contribution in [0.2, 0.25) is 0 Å². The van der Waals surface area contributed by atoms with Crippen molar-refractivity contribution in [2.24, 2.45) is 10.2 Å². The number of hydrogen-bond donors (Lipinski definition) is 1. The van der Waals surface area contributed by atoms with Gasteiger partial charge in [-0.15, -0.1) is 5.11 Å². The van der Waals surface area contributed by atoms with Crippen molar-refractivity contribution < 1.29 is 14.1 Å². The van der Waals surface area contributed by atoms with Crippen molar-refractivity contribution in [2.75, 3.05) is 45.7 Å². The molecule has 0 saturated heterocycles. The monoisotopic (exact) mass is 430 g/mol. The minimum atomic E-state index is -0.386. The van der Waals surface area contributed by atoms with Crippen molar-refractivity contribution in [1.29, 1.82) is 0 Å². The molecule has 0 bridgehead atoms. The fraction of sp³-hybridized carbons (Fsp3) is 0.280. The molecule has 1 aliphatic heterocycles. The van der Waals surface area contributed by atoms with E-state index >= 15 is 0 Å². The number of nitrogens with one attached hydrogen (secondary N) is 1. The van der Waals surface area contributed by atoms with Gasteiger partial charge < -0.3 is 9.38 Å². The van der Waals surface area contributed by atoms with Crippen LogP contribution in [0.4, 0.5) is 17.1 Å². The first-order valence-corrected chi connectivity index (χ1v) is 10.8. The Hall–Kier alpha value is -3.58. The molecule has 0 atom stereocenters. The molecule has 3 aromatic rings. The lowest BCUT2D eigenvalue weighted by Gasteiger charge is -2.29. The highest BCUT2D eigenvalue weighted by Gasteiger charge is 2.25. The lowest BCUT2D eigenvalue weighted by molar-refractivity contribution is -0.868. The largest absolute Gasteiger partial charge is 0.366 e. The van der Waals surface area contributed by atoms with E-state index in [1.165, 1.54) is 0 Å². The molecule has 7 nitrogen and oxygen atoms in total. The van der Waals surface area contributed by atoms with Crippen molar-refractivity contribution in [3.8, 4) is 0 Å². The topological polar surface area (TPSA) is 74.1 Å². The van der Waals surface area contributed by atoms with Crippen LogP contribution in [0.3, 0.4) is 0 Å². The Morgan fingerprint density at radius 3 is 2.22 bits per heavy atom. The molecule has 0 aliphatic carbocycles. The van der Waals surface area contributed by atoms with Crippen LogP contribution in [0.1, 0.15) is 27.6 Å². The average molecular weight is 431 g/mol. The summed E-state index contributed by atoms with van der Waals surface area (Å²) in [7, 11) is 6.59. The number of likely N-dealkylation sites (N-methyl/N-ethyl adjacent to an activating group) is 2. The van der Waals surface area contributed by atoms with Crippen LogP contribution in [-0.4, -0.2) is 57.1 Å².